The molecule has 1 aromatic carbocycles. The van der Waals surface area contributed by atoms with E-state index in [9.17, 15) is 0 Å². The van der Waals surface area contributed by atoms with Crippen molar-refractivity contribution in [2.45, 2.75) is 53.4 Å². The van der Waals surface area contributed by atoms with Crippen molar-refractivity contribution in [1.29, 1.82) is 0 Å². The van der Waals surface area contributed by atoms with Crippen molar-refractivity contribution in [3.63, 3.8) is 0 Å². The standard InChI is InChI=1S/C18H28O/c1-6-8-9-16(7-2)18-11-10-17(12-15(18)5)19-13-14(3)4/h6,8,10-12,14,16H,7,9,13H2,1-5H3/b8-6-. The Hall–Kier alpha value is -1.24. The number of hydrogen-bond acceptors (Lipinski definition) is 1. The zero-order valence-electron chi connectivity index (χ0n) is 13.1. The number of rotatable bonds is 7. The molecule has 19 heavy (non-hydrogen) atoms. The lowest BCUT2D eigenvalue weighted by Gasteiger charge is -2.17. The normalized spacial score (nSPS) is 13.2. The van der Waals surface area contributed by atoms with E-state index in [1.54, 1.807) is 0 Å². The molecule has 0 heterocycles. The largest absolute Gasteiger partial charge is 0.493 e. The van der Waals surface area contributed by atoms with E-state index < -0.39 is 0 Å². The number of aryl methyl sites for hydroxylation is 1. The fourth-order valence-electron chi connectivity index (χ4n) is 2.27. The molecule has 1 nitrogen and oxygen atoms in total. The SMILES string of the molecule is C/C=C\CC(CC)c1ccc(OCC(C)C)cc1C. The van der Waals surface area contributed by atoms with Crippen LogP contribution in [-0.2, 0) is 0 Å². The highest BCUT2D eigenvalue weighted by Crippen LogP contribution is 2.29. The molecule has 106 valence electrons. The van der Waals surface area contributed by atoms with Crippen LogP contribution >= 0.6 is 0 Å². The van der Waals surface area contributed by atoms with Gasteiger partial charge in [-0.2, -0.15) is 0 Å². The number of benzene rings is 1. The Morgan fingerprint density at radius 3 is 2.53 bits per heavy atom. The van der Waals surface area contributed by atoms with Crippen molar-refractivity contribution in [2.75, 3.05) is 6.61 Å². The molecule has 0 bridgehead atoms. The highest BCUT2D eigenvalue weighted by atomic mass is 16.5. The first-order chi connectivity index (χ1) is 9.08. The minimum atomic E-state index is 0.568. The fraction of sp³-hybridized carbons (Fsp3) is 0.556. The lowest BCUT2D eigenvalue weighted by Crippen LogP contribution is -2.05. The second-order valence-electron chi connectivity index (χ2n) is 5.63. The molecule has 0 saturated heterocycles. The minimum absolute atomic E-state index is 0.568. The third-order valence-electron chi connectivity index (χ3n) is 3.41. The molecule has 1 atom stereocenters. The van der Waals surface area contributed by atoms with Crippen molar-refractivity contribution >= 4 is 0 Å². The predicted molar refractivity (Wildman–Crippen MR) is 84.0 cm³/mol. The highest BCUT2D eigenvalue weighted by molar-refractivity contribution is 5.37. The summed E-state index contributed by atoms with van der Waals surface area (Å²) in [5.41, 5.74) is 2.80. The molecular weight excluding hydrogens is 232 g/mol. The van der Waals surface area contributed by atoms with Gasteiger partial charge >= 0.3 is 0 Å². The van der Waals surface area contributed by atoms with Crippen molar-refractivity contribution in [3.8, 4) is 5.75 Å². The first kappa shape index (κ1) is 15.8. The predicted octanol–water partition coefficient (Wildman–Crippen LogP) is 5.49. The minimum Gasteiger partial charge on any atom is -0.493 e. The Kier molecular flexibility index (Phi) is 6.69. The number of allylic oxidation sites excluding steroid dienone is 2. The topological polar surface area (TPSA) is 9.23 Å². The monoisotopic (exact) mass is 260 g/mol. The van der Waals surface area contributed by atoms with Crippen LogP contribution in [0.3, 0.4) is 0 Å². The molecule has 0 aliphatic carbocycles. The molecule has 1 rings (SSSR count). The molecule has 0 saturated carbocycles. The van der Waals surface area contributed by atoms with Crippen LogP contribution in [0.4, 0.5) is 0 Å². The van der Waals surface area contributed by atoms with Crippen LogP contribution in [0.1, 0.15) is 57.6 Å². The molecule has 1 aromatic rings. The van der Waals surface area contributed by atoms with Gasteiger partial charge in [0.2, 0.25) is 0 Å². The quantitative estimate of drug-likeness (QED) is 0.589. The molecule has 0 spiro atoms. The third kappa shape index (κ3) is 5.10. The number of ether oxygens (including phenoxy) is 1. The zero-order chi connectivity index (χ0) is 14.3. The van der Waals surface area contributed by atoms with Gasteiger partial charge in [0, 0.05) is 0 Å². The van der Waals surface area contributed by atoms with Gasteiger partial charge in [0.05, 0.1) is 6.61 Å². The first-order valence-electron chi connectivity index (χ1n) is 7.42. The Morgan fingerprint density at radius 2 is 2.00 bits per heavy atom. The van der Waals surface area contributed by atoms with Crippen molar-refractivity contribution in [2.24, 2.45) is 5.92 Å². The number of hydrogen-bond donors (Lipinski definition) is 0. The van der Waals surface area contributed by atoms with Crippen molar-refractivity contribution < 1.29 is 4.74 Å². The van der Waals surface area contributed by atoms with Crippen LogP contribution in [0, 0.1) is 12.8 Å². The lowest BCUT2D eigenvalue weighted by molar-refractivity contribution is 0.271. The Bertz CT molecular complexity index is 404. The fourth-order valence-corrected chi connectivity index (χ4v) is 2.27. The molecule has 0 aromatic heterocycles. The van der Waals surface area contributed by atoms with Gasteiger partial charge in [-0.25, -0.2) is 0 Å². The van der Waals surface area contributed by atoms with Crippen LogP contribution in [0.15, 0.2) is 30.4 Å². The zero-order valence-corrected chi connectivity index (χ0v) is 13.1. The summed E-state index contributed by atoms with van der Waals surface area (Å²) in [6, 6.07) is 6.53. The van der Waals surface area contributed by atoms with Gasteiger partial charge in [-0.15, -0.1) is 0 Å². The van der Waals surface area contributed by atoms with E-state index in [1.807, 2.05) is 0 Å². The summed E-state index contributed by atoms with van der Waals surface area (Å²) >= 11 is 0. The van der Waals surface area contributed by atoms with Crippen LogP contribution in [0.2, 0.25) is 0 Å². The maximum atomic E-state index is 5.78. The van der Waals surface area contributed by atoms with Gasteiger partial charge in [-0.1, -0.05) is 39.0 Å². The van der Waals surface area contributed by atoms with E-state index in [0.717, 1.165) is 18.8 Å². The summed E-state index contributed by atoms with van der Waals surface area (Å²) < 4.78 is 5.78. The van der Waals surface area contributed by atoms with E-state index >= 15 is 0 Å². The van der Waals surface area contributed by atoms with Gasteiger partial charge in [-0.3, -0.25) is 0 Å². The Balaban J connectivity index is 2.80. The third-order valence-corrected chi connectivity index (χ3v) is 3.41. The van der Waals surface area contributed by atoms with Crippen LogP contribution in [-0.4, -0.2) is 6.61 Å². The molecule has 0 amide bonds. The second kappa shape index (κ2) is 8.04. The molecule has 1 heteroatoms. The summed E-state index contributed by atoms with van der Waals surface area (Å²) in [6.07, 6.45) is 6.70. The Morgan fingerprint density at radius 1 is 1.26 bits per heavy atom. The molecule has 0 radical (unpaired) electrons. The van der Waals surface area contributed by atoms with Crippen molar-refractivity contribution in [3.05, 3.63) is 41.5 Å². The summed E-state index contributed by atoms with van der Waals surface area (Å²) in [6.45, 7) is 11.7. The van der Waals surface area contributed by atoms with Gasteiger partial charge in [0.1, 0.15) is 5.75 Å². The van der Waals surface area contributed by atoms with E-state index in [0.29, 0.717) is 11.8 Å². The van der Waals surface area contributed by atoms with Gasteiger partial charge in [-0.05, 0) is 61.8 Å². The molecule has 1 unspecified atom stereocenters. The summed E-state index contributed by atoms with van der Waals surface area (Å²) in [5, 5.41) is 0. The van der Waals surface area contributed by atoms with E-state index in [1.165, 1.54) is 17.5 Å². The van der Waals surface area contributed by atoms with Crippen LogP contribution < -0.4 is 4.74 Å². The van der Waals surface area contributed by atoms with E-state index in [4.69, 9.17) is 4.74 Å². The average molecular weight is 260 g/mol. The Labute approximate surface area is 118 Å². The molecule has 0 aliphatic rings. The molecule has 0 aliphatic heterocycles. The van der Waals surface area contributed by atoms with Crippen molar-refractivity contribution in [1.82, 2.24) is 0 Å². The maximum Gasteiger partial charge on any atom is 0.119 e. The molecule has 0 fully saturated rings. The van der Waals surface area contributed by atoms with Crippen LogP contribution in [0.25, 0.3) is 0 Å². The molecule has 0 N–H and O–H groups in total. The maximum absolute atomic E-state index is 5.78. The van der Waals surface area contributed by atoms with E-state index in [2.05, 4.69) is 65.0 Å². The molecular formula is C18H28O. The van der Waals surface area contributed by atoms with Gasteiger partial charge < -0.3 is 4.74 Å². The van der Waals surface area contributed by atoms with E-state index in [-0.39, 0.29) is 0 Å². The smallest absolute Gasteiger partial charge is 0.119 e. The van der Waals surface area contributed by atoms with Crippen LogP contribution in [0.5, 0.6) is 5.75 Å². The highest BCUT2D eigenvalue weighted by Gasteiger charge is 2.11. The first-order valence-corrected chi connectivity index (χ1v) is 7.42. The van der Waals surface area contributed by atoms with Gasteiger partial charge in [0.15, 0.2) is 0 Å². The lowest BCUT2D eigenvalue weighted by atomic mass is 9.90. The van der Waals surface area contributed by atoms with Gasteiger partial charge in [0.25, 0.3) is 0 Å². The average Bonchev–Trinajstić information content (AvgIpc) is 2.39. The summed E-state index contributed by atoms with van der Waals surface area (Å²) in [4.78, 5) is 0. The second-order valence-corrected chi connectivity index (χ2v) is 5.63. The summed E-state index contributed by atoms with van der Waals surface area (Å²) in [7, 11) is 0. The summed E-state index contributed by atoms with van der Waals surface area (Å²) in [5.74, 6) is 2.18.